The summed E-state index contributed by atoms with van der Waals surface area (Å²) >= 11 is 6.57. The largest absolute Gasteiger partial charge is 0.497 e. The first-order valence-corrected chi connectivity index (χ1v) is 9.19. The molecule has 2 N–H and O–H groups in total. The molecular weight excluding hydrogens is 394 g/mol. The van der Waals surface area contributed by atoms with Crippen molar-refractivity contribution in [3.8, 4) is 5.75 Å². The van der Waals surface area contributed by atoms with Crippen LogP contribution in [0.15, 0.2) is 30.5 Å². The number of aromatic amines is 1. The Kier molecular flexibility index (Phi) is 4.89. The molecular formula is C19H18ClN7O2. The van der Waals surface area contributed by atoms with E-state index in [0.29, 0.717) is 39.7 Å². The lowest BCUT2D eigenvalue weighted by Crippen LogP contribution is -2.13. The van der Waals surface area contributed by atoms with Gasteiger partial charge in [0.2, 0.25) is 0 Å². The zero-order valence-corrected chi connectivity index (χ0v) is 16.8. The highest BCUT2D eigenvalue weighted by Gasteiger charge is 2.20. The highest BCUT2D eigenvalue weighted by atomic mass is 35.5. The van der Waals surface area contributed by atoms with Gasteiger partial charge >= 0.3 is 0 Å². The summed E-state index contributed by atoms with van der Waals surface area (Å²) in [5.41, 5.74) is 3.70. The smallest absolute Gasteiger partial charge is 0.258 e. The van der Waals surface area contributed by atoms with E-state index < -0.39 is 0 Å². The summed E-state index contributed by atoms with van der Waals surface area (Å²) in [4.78, 5) is 17.2. The number of nitrogens with one attached hydrogen (secondary N) is 2. The number of halogens is 1. The first-order valence-electron chi connectivity index (χ1n) is 8.81. The molecule has 0 atom stereocenters. The Hall–Kier alpha value is -3.46. The van der Waals surface area contributed by atoms with Gasteiger partial charge in [-0.25, -0.2) is 9.67 Å². The number of aromatic nitrogens is 6. The third kappa shape index (κ3) is 3.52. The number of hydrogen-bond acceptors (Lipinski definition) is 6. The third-order valence-corrected chi connectivity index (χ3v) is 4.98. The number of anilines is 1. The Morgan fingerprint density at radius 1 is 1.21 bits per heavy atom. The quantitative estimate of drug-likeness (QED) is 0.522. The first kappa shape index (κ1) is 18.9. The molecule has 1 aromatic carbocycles. The normalized spacial score (nSPS) is 11.0. The molecule has 0 unspecified atom stereocenters. The number of carbonyl (C=O) groups is 1. The number of hydrogen-bond donors (Lipinski definition) is 2. The van der Waals surface area contributed by atoms with Crippen LogP contribution in [0.25, 0.3) is 11.0 Å². The maximum Gasteiger partial charge on any atom is 0.258 e. The molecule has 10 heteroatoms. The molecule has 0 saturated heterocycles. The van der Waals surface area contributed by atoms with Crippen molar-refractivity contribution in [3.63, 3.8) is 0 Å². The maximum atomic E-state index is 12.7. The van der Waals surface area contributed by atoms with Gasteiger partial charge in [0.25, 0.3) is 5.91 Å². The molecule has 3 aromatic heterocycles. The van der Waals surface area contributed by atoms with E-state index in [-0.39, 0.29) is 11.5 Å². The van der Waals surface area contributed by atoms with Gasteiger partial charge in [-0.3, -0.25) is 4.79 Å². The summed E-state index contributed by atoms with van der Waals surface area (Å²) in [5, 5.41) is 19.0. The van der Waals surface area contributed by atoms with Crippen molar-refractivity contribution >= 4 is 34.2 Å². The van der Waals surface area contributed by atoms with E-state index in [1.165, 1.54) is 6.20 Å². The second-order valence-corrected chi connectivity index (χ2v) is 6.84. The summed E-state index contributed by atoms with van der Waals surface area (Å²) in [6.45, 7) is 4.08. The molecule has 0 radical (unpaired) electrons. The minimum atomic E-state index is -0.353. The molecule has 0 spiro atoms. The molecule has 0 bridgehead atoms. The molecule has 9 nitrogen and oxygen atoms in total. The molecule has 4 aromatic rings. The van der Waals surface area contributed by atoms with Crippen LogP contribution in [0.1, 0.15) is 27.4 Å². The summed E-state index contributed by atoms with van der Waals surface area (Å²) in [7, 11) is 1.58. The van der Waals surface area contributed by atoms with Crippen LogP contribution in [0.4, 0.5) is 5.69 Å². The second kappa shape index (κ2) is 7.51. The van der Waals surface area contributed by atoms with E-state index in [2.05, 4.69) is 30.8 Å². The summed E-state index contributed by atoms with van der Waals surface area (Å²) in [6.07, 6.45) is 1.46. The fraction of sp³-hybridized carbons (Fsp3) is 0.211. The second-order valence-electron chi connectivity index (χ2n) is 6.47. The monoisotopic (exact) mass is 411 g/mol. The van der Waals surface area contributed by atoms with E-state index in [9.17, 15) is 4.79 Å². The third-order valence-electron chi connectivity index (χ3n) is 4.58. The van der Waals surface area contributed by atoms with Crippen LogP contribution < -0.4 is 10.1 Å². The molecule has 148 valence electrons. The molecule has 1 amide bonds. The molecule has 4 rings (SSSR count). The fourth-order valence-electron chi connectivity index (χ4n) is 3.01. The Bertz CT molecular complexity index is 1200. The van der Waals surface area contributed by atoms with E-state index in [1.807, 2.05) is 13.8 Å². The summed E-state index contributed by atoms with van der Waals surface area (Å²) in [5.74, 6) is 0.351. The van der Waals surface area contributed by atoms with Gasteiger partial charge in [-0.2, -0.15) is 20.5 Å². The Morgan fingerprint density at radius 2 is 1.97 bits per heavy atom. The van der Waals surface area contributed by atoms with Gasteiger partial charge < -0.3 is 10.1 Å². The van der Waals surface area contributed by atoms with Gasteiger partial charge in [0.05, 0.1) is 41.0 Å². The maximum absolute atomic E-state index is 12.7. The van der Waals surface area contributed by atoms with Crippen molar-refractivity contribution in [2.24, 2.45) is 0 Å². The zero-order chi connectivity index (χ0) is 20.5. The number of benzene rings is 1. The van der Waals surface area contributed by atoms with Crippen molar-refractivity contribution in [3.05, 3.63) is 58.1 Å². The number of aryl methyl sites for hydroxylation is 2. The number of carbonyl (C=O) groups excluding carboxylic acids is 1. The van der Waals surface area contributed by atoms with E-state index in [4.69, 9.17) is 16.3 Å². The zero-order valence-electron chi connectivity index (χ0n) is 16.0. The van der Waals surface area contributed by atoms with Crippen molar-refractivity contribution in [1.29, 1.82) is 0 Å². The fourth-order valence-corrected chi connectivity index (χ4v) is 3.37. The van der Waals surface area contributed by atoms with Crippen LogP contribution in [0.5, 0.6) is 5.75 Å². The van der Waals surface area contributed by atoms with Gasteiger partial charge in [-0.1, -0.05) is 11.6 Å². The van der Waals surface area contributed by atoms with Gasteiger partial charge in [0.15, 0.2) is 5.65 Å². The molecule has 29 heavy (non-hydrogen) atoms. The van der Waals surface area contributed by atoms with Gasteiger partial charge in [0.1, 0.15) is 11.4 Å². The standard InChI is InChI=1S/C19H18ClN7O2/c1-10-15(24-26-23-10)9-27-18-16(11(2)25-27)17(20)14(8-21-18)19(28)22-12-4-6-13(29-3)7-5-12/h4-8H,9H2,1-3H3,(H,22,28)(H,23,24,26). The number of rotatable bonds is 5. The molecule has 0 aliphatic carbocycles. The average Bonchev–Trinajstić information content (AvgIpc) is 3.26. The van der Waals surface area contributed by atoms with Gasteiger partial charge in [0, 0.05) is 11.9 Å². The number of ether oxygens (including phenoxy) is 1. The summed E-state index contributed by atoms with van der Waals surface area (Å²) < 4.78 is 6.82. The Morgan fingerprint density at radius 3 is 2.62 bits per heavy atom. The van der Waals surface area contributed by atoms with E-state index in [1.54, 1.807) is 36.1 Å². The van der Waals surface area contributed by atoms with Crippen LogP contribution in [-0.4, -0.2) is 43.2 Å². The summed E-state index contributed by atoms with van der Waals surface area (Å²) in [6, 6.07) is 7.03. The van der Waals surface area contributed by atoms with Gasteiger partial charge in [-0.05, 0) is 38.1 Å². The van der Waals surface area contributed by atoms with E-state index in [0.717, 1.165) is 11.4 Å². The molecule has 0 fully saturated rings. The van der Waals surface area contributed by atoms with Crippen molar-refractivity contribution in [2.75, 3.05) is 12.4 Å². The van der Waals surface area contributed by atoms with Crippen molar-refractivity contribution < 1.29 is 9.53 Å². The van der Waals surface area contributed by atoms with Crippen LogP contribution in [-0.2, 0) is 6.54 Å². The topological polar surface area (TPSA) is 111 Å². The number of H-pyrrole nitrogens is 1. The lowest BCUT2D eigenvalue weighted by molar-refractivity contribution is 0.102. The molecule has 0 aliphatic rings. The van der Waals surface area contributed by atoms with Crippen LogP contribution in [0.2, 0.25) is 5.02 Å². The number of fused-ring (bicyclic) bond motifs is 1. The van der Waals surface area contributed by atoms with Crippen molar-refractivity contribution in [2.45, 2.75) is 20.4 Å². The van der Waals surface area contributed by atoms with Crippen LogP contribution in [0.3, 0.4) is 0 Å². The SMILES string of the molecule is COc1ccc(NC(=O)c2cnc3c(c(C)nn3Cc3n[nH]nc3C)c2Cl)cc1. The minimum Gasteiger partial charge on any atom is -0.497 e. The molecule has 0 aliphatic heterocycles. The molecule has 0 saturated carbocycles. The lowest BCUT2D eigenvalue weighted by Gasteiger charge is -2.08. The number of nitrogens with zero attached hydrogens (tertiary/aromatic N) is 5. The lowest BCUT2D eigenvalue weighted by atomic mass is 10.2. The van der Waals surface area contributed by atoms with Crippen molar-refractivity contribution in [1.82, 2.24) is 30.2 Å². The van der Waals surface area contributed by atoms with Gasteiger partial charge in [-0.15, -0.1) is 0 Å². The van der Waals surface area contributed by atoms with Crippen LogP contribution in [0, 0.1) is 13.8 Å². The molecule has 3 heterocycles. The predicted octanol–water partition coefficient (Wildman–Crippen LogP) is 3.13. The Labute approximate surface area is 171 Å². The highest BCUT2D eigenvalue weighted by molar-refractivity contribution is 6.39. The number of pyridine rings is 1. The average molecular weight is 412 g/mol. The first-order chi connectivity index (χ1) is 14.0. The van der Waals surface area contributed by atoms with E-state index >= 15 is 0 Å². The Balaban J connectivity index is 1.65. The highest BCUT2D eigenvalue weighted by Crippen LogP contribution is 2.29. The minimum absolute atomic E-state index is 0.273. The van der Waals surface area contributed by atoms with Crippen LogP contribution >= 0.6 is 11.6 Å². The predicted molar refractivity (Wildman–Crippen MR) is 108 cm³/mol. The number of amides is 1. The number of methoxy groups -OCH3 is 1.